The molecule has 2 unspecified atom stereocenters. The number of fused-ring (bicyclic) bond motifs is 1. The number of phosphoric ester groups is 2. The average molecular weight is 763 g/mol. The molecule has 1 amide bonds. The first-order valence-corrected chi connectivity index (χ1v) is 16.5. The summed E-state index contributed by atoms with van der Waals surface area (Å²) in [6.45, 7) is -1.97. The van der Waals surface area contributed by atoms with Gasteiger partial charge in [-0.1, -0.05) is 0 Å². The zero-order valence-electron chi connectivity index (χ0n) is 23.6. The van der Waals surface area contributed by atoms with Gasteiger partial charge < -0.3 is 60.2 Å². The van der Waals surface area contributed by atoms with E-state index in [9.17, 15) is 44.1 Å². The molecule has 46 heavy (non-hydrogen) atoms. The van der Waals surface area contributed by atoms with E-state index in [0.717, 1.165) is 6.33 Å². The Bertz CT molecular complexity index is 1690. The van der Waals surface area contributed by atoms with Gasteiger partial charge in [0.05, 0.1) is 23.2 Å². The van der Waals surface area contributed by atoms with E-state index >= 15 is 0 Å². The second kappa shape index (κ2) is 14.6. The molecule has 0 saturated carbocycles. The van der Waals surface area contributed by atoms with Crippen molar-refractivity contribution < 1.29 is 101 Å². The van der Waals surface area contributed by atoms with Gasteiger partial charge in [-0.3, -0.25) is 18.5 Å². The molecule has 24 heteroatoms. The predicted molar refractivity (Wildman–Crippen MR) is 145 cm³/mol. The molecule has 0 bridgehead atoms. The predicted octanol–water partition coefficient (Wildman–Crippen LogP) is -5.91. The number of phosphoric acid groups is 2. The molecule has 0 spiro atoms. The number of anilines is 1. The first kappa shape index (κ1) is 37.4. The molecule has 2 saturated heterocycles. The maximum atomic E-state index is 12.3. The minimum atomic E-state index is -5.69. The Kier molecular flexibility index (Phi) is 11.8. The second-order valence-corrected chi connectivity index (χ2v) is 13.7. The van der Waals surface area contributed by atoms with Crippen molar-refractivity contribution in [3.05, 3.63) is 47.1 Å². The average Bonchev–Trinajstić information content (AvgIpc) is 3.56. The standard InChI is InChI=1S/C22H27BrN6O14P2.Na/c23-13-4-10-18(24)26-8-27-20(10)29(13)22-17(33)15(31)12(42-22)7-40-45(37,38)43-44(35,36)39-6-11-14(30)16(32)21(41-11)28-3-1-2-9(5-28)19(25)34;/h1-5,8,11-12,14-17,21-22,30-33H,6-7H2,(H5-,24,25,26,27,34,35,36,37,38);/q;+1/p-1/t11-,12-,14-,15-,16-,17-,21-,22-;/m1./s1. The number of carbonyl (C=O) groups excluding carboxylic acids is 1. The zero-order chi connectivity index (χ0) is 32.8. The van der Waals surface area contributed by atoms with E-state index in [0.29, 0.717) is 9.99 Å². The smallest absolute Gasteiger partial charge is 0.756 e. The van der Waals surface area contributed by atoms with Crippen molar-refractivity contribution in [1.82, 2.24) is 14.5 Å². The van der Waals surface area contributed by atoms with Crippen LogP contribution < -0.4 is 55.4 Å². The molecule has 246 valence electrons. The van der Waals surface area contributed by atoms with E-state index in [-0.39, 0.29) is 46.6 Å². The number of aliphatic hydroxyl groups is 4. The molecular weight excluding hydrogens is 737 g/mol. The second-order valence-electron chi connectivity index (χ2n) is 9.90. The quantitative estimate of drug-likeness (QED) is 0.0602. The SMILES string of the molecule is NC(=O)c1ccc[n+]([C@@H]2O[C@H](COP(=O)([O-])OP(=O)([O-])OC[C@H]3O[C@@H](n4c(Br)cc5c(N)ncnc54)[C@H](O)[C@@H]3O)[C@@H](O)[C@H]2O)c1.[Na+]. The Morgan fingerprint density at radius 3 is 2.28 bits per heavy atom. The van der Waals surface area contributed by atoms with Crippen molar-refractivity contribution in [1.29, 1.82) is 0 Å². The van der Waals surface area contributed by atoms with Gasteiger partial charge in [0.15, 0.2) is 24.7 Å². The molecular formula is C22H26BrN6NaO14P2. The van der Waals surface area contributed by atoms with Crippen LogP contribution in [0, 0.1) is 0 Å². The van der Waals surface area contributed by atoms with Crippen LogP contribution in [0.5, 0.6) is 0 Å². The van der Waals surface area contributed by atoms with E-state index in [2.05, 4.69) is 39.3 Å². The van der Waals surface area contributed by atoms with Gasteiger partial charge in [-0.2, -0.15) is 4.57 Å². The maximum Gasteiger partial charge on any atom is 1.00 e. The van der Waals surface area contributed by atoms with Gasteiger partial charge >= 0.3 is 29.6 Å². The van der Waals surface area contributed by atoms with Crippen LogP contribution in [-0.2, 0) is 32.0 Å². The van der Waals surface area contributed by atoms with Crippen LogP contribution >= 0.6 is 31.6 Å². The van der Waals surface area contributed by atoms with Gasteiger partial charge in [-0.15, -0.1) is 0 Å². The fraction of sp³-hybridized carbons (Fsp3) is 0.455. The van der Waals surface area contributed by atoms with Crippen molar-refractivity contribution in [3.63, 3.8) is 0 Å². The van der Waals surface area contributed by atoms with Crippen molar-refractivity contribution in [2.45, 2.75) is 49.1 Å². The van der Waals surface area contributed by atoms with Crippen molar-refractivity contribution >= 4 is 54.3 Å². The summed E-state index contributed by atoms with van der Waals surface area (Å²) in [5, 5.41) is 42.2. The number of hydrogen-bond donors (Lipinski definition) is 6. The van der Waals surface area contributed by atoms with Crippen LogP contribution in [0.15, 0.2) is 41.5 Å². The number of pyridine rings is 1. The molecule has 0 aliphatic carbocycles. The topological polar surface area (TPSA) is 311 Å². The summed E-state index contributed by atoms with van der Waals surface area (Å²) in [6.07, 6.45) is -8.41. The Morgan fingerprint density at radius 2 is 1.65 bits per heavy atom. The number of halogens is 1. The summed E-state index contributed by atoms with van der Waals surface area (Å²) in [4.78, 5) is 44.0. The van der Waals surface area contributed by atoms with Crippen LogP contribution in [-0.4, -0.2) is 90.7 Å². The summed E-state index contributed by atoms with van der Waals surface area (Å²) in [5.41, 5.74) is 11.4. The fourth-order valence-electron chi connectivity index (χ4n) is 4.75. The minimum Gasteiger partial charge on any atom is -0.756 e. The number of ether oxygens (including phenoxy) is 2. The first-order chi connectivity index (χ1) is 21.1. The first-order valence-electron chi connectivity index (χ1n) is 12.8. The normalized spacial score (nSPS) is 30.5. The molecule has 2 aliphatic rings. The van der Waals surface area contributed by atoms with E-state index in [1.165, 1.54) is 33.7 Å². The Morgan fingerprint density at radius 1 is 1.04 bits per heavy atom. The number of aliphatic hydroxyl groups excluding tert-OH is 4. The number of hydrogen-bond acceptors (Lipinski definition) is 17. The number of nitrogens with zero attached hydrogens (tertiary/aromatic N) is 4. The molecule has 0 radical (unpaired) electrons. The molecule has 5 rings (SSSR count). The zero-order valence-corrected chi connectivity index (χ0v) is 29.0. The van der Waals surface area contributed by atoms with Crippen LogP contribution in [0.3, 0.4) is 0 Å². The maximum absolute atomic E-state index is 12.3. The van der Waals surface area contributed by atoms with Crippen LogP contribution in [0.1, 0.15) is 22.8 Å². The third-order valence-electron chi connectivity index (χ3n) is 6.94. The monoisotopic (exact) mass is 762 g/mol. The van der Waals surface area contributed by atoms with E-state index in [1.54, 1.807) is 6.07 Å². The Labute approximate surface area is 289 Å². The molecule has 0 aromatic carbocycles. The van der Waals surface area contributed by atoms with Gasteiger partial charge in [0.25, 0.3) is 27.8 Å². The summed E-state index contributed by atoms with van der Waals surface area (Å²) < 4.78 is 51.8. The molecule has 2 fully saturated rings. The van der Waals surface area contributed by atoms with E-state index < -0.39 is 83.8 Å². The number of amides is 1. The Hall–Kier alpha value is -1.46. The number of aromatic nitrogens is 4. The number of carbonyl (C=O) groups is 1. The minimum absolute atomic E-state index is 0. The third kappa shape index (κ3) is 7.88. The van der Waals surface area contributed by atoms with Gasteiger partial charge in [-0.05, 0) is 28.1 Å². The van der Waals surface area contributed by atoms with Crippen LogP contribution in [0.4, 0.5) is 5.82 Å². The van der Waals surface area contributed by atoms with E-state index in [1.807, 2.05) is 0 Å². The Balaban J connectivity index is 0.00000480. The number of nitrogens with two attached hydrogens (primary N) is 2. The van der Waals surface area contributed by atoms with Gasteiger partial charge in [0.1, 0.15) is 53.9 Å². The van der Waals surface area contributed by atoms with Crippen molar-refractivity contribution in [2.75, 3.05) is 18.9 Å². The largest absolute Gasteiger partial charge is 1.00 e. The third-order valence-corrected chi connectivity index (χ3v) is 10.1. The molecule has 10 atom stereocenters. The van der Waals surface area contributed by atoms with E-state index in [4.69, 9.17) is 20.9 Å². The molecule has 5 heterocycles. The van der Waals surface area contributed by atoms with Crippen molar-refractivity contribution in [2.24, 2.45) is 5.73 Å². The molecule has 3 aromatic rings. The van der Waals surface area contributed by atoms with Gasteiger partial charge in [0, 0.05) is 6.07 Å². The molecule has 2 aliphatic heterocycles. The summed E-state index contributed by atoms with van der Waals surface area (Å²) in [6, 6.07) is 4.35. The van der Waals surface area contributed by atoms with Gasteiger partial charge in [0.2, 0.25) is 0 Å². The van der Waals surface area contributed by atoms with Crippen LogP contribution in [0.2, 0.25) is 0 Å². The summed E-state index contributed by atoms with van der Waals surface area (Å²) >= 11 is 3.28. The summed E-state index contributed by atoms with van der Waals surface area (Å²) in [7, 11) is -11.4. The molecule has 20 nitrogen and oxygen atoms in total. The fourth-order valence-corrected chi connectivity index (χ4v) is 7.37. The molecule has 3 aromatic heterocycles. The number of rotatable bonds is 11. The number of primary amides is 1. The van der Waals surface area contributed by atoms with Crippen molar-refractivity contribution in [3.8, 4) is 0 Å². The van der Waals surface area contributed by atoms with Crippen LogP contribution in [0.25, 0.3) is 11.0 Å². The molecule has 8 N–H and O–H groups in total. The van der Waals surface area contributed by atoms with Gasteiger partial charge in [-0.25, -0.2) is 14.3 Å². The summed E-state index contributed by atoms with van der Waals surface area (Å²) in [5.74, 6) is -0.654. The number of nitrogen functional groups attached to an aromatic ring is 1.